The second-order valence-corrected chi connectivity index (χ2v) is 4.80. The Morgan fingerprint density at radius 3 is 2.92 bits per heavy atom. The van der Waals surface area contributed by atoms with Crippen molar-refractivity contribution in [3.05, 3.63) is 27.7 Å². The topological polar surface area (TPSA) is 43.1 Å². The first kappa shape index (κ1) is 8.65. The van der Waals surface area contributed by atoms with Crippen LogP contribution in [0.3, 0.4) is 0 Å². The normalized spacial score (nSPS) is 10.2. The molecule has 2 rings (SSSR count). The zero-order chi connectivity index (χ0) is 9.26. The van der Waals surface area contributed by atoms with Crippen LogP contribution in [0.15, 0.2) is 26.5 Å². The SMILES string of the molecule is O=Cc1cc(-c2ccc(Br)s2)on1. The Morgan fingerprint density at radius 2 is 2.38 bits per heavy atom. The quantitative estimate of drug-likeness (QED) is 0.777. The number of rotatable bonds is 2. The third kappa shape index (κ3) is 1.71. The first-order valence-corrected chi connectivity index (χ1v) is 5.08. The van der Waals surface area contributed by atoms with Crippen molar-refractivity contribution in [2.24, 2.45) is 0 Å². The summed E-state index contributed by atoms with van der Waals surface area (Å²) in [5.41, 5.74) is 0.319. The summed E-state index contributed by atoms with van der Waals surface area (Å²) >= 11 is 4.87. The number of carbonyl (C=O) groups excluding carboxylic acids is 1. The molecule has 0 aliphatic heterocycles. The van der Waals surface area contributed by atoms with E-state index in [9.17, 15) is 4.79 Å². The first-order chi connectivity index (χ1) is 6.29. The molecule has 0 atom stereocenters. The van der Waals surface area contributed by atoms with Gasteiger partial charge in [0.25, 0.3) is 0 Å². The molecule has 0 N–H and O–H groups in total. The third-order valence-electron chi connectivity index (χ3n) is 1.47. The number of nitrogens with zero attached hydrogens (tertiary/aromatic N) is 1. The number of halogens is 1. The average Bonchev–Trinajstić information content (AvgIpc) is 2.71. The van der Waals surface area contributed by atoms with Crippen LogP contribution in [-0.4, -0.2) is 11.4 Å². The molecule has 0 saturated carbocycles. The van der Waals surface area contributed by atoms with Crippen molar-refractivity contribution in [2.75, 3.05) is 0 Å². The molecule has 2 aromatic heterocycles. The number of hydrogen-bond donors (Lipinski definition) is 0. The Labute approximate surface area is 86.5 Å². The molecule has 0 amide bonds. The zero-order valence-corrected chi connectivity index (χ0v) is 8.76. The summed E-state index contributed by atoms with van der Waals surface area (Å²) in [5.74, 6) is 0.623. The van der Waals surface area contributed by atoms with Crippen LogP contribution in [0.5, 0.6) is 0 Å². The van der Waals surface area contributed by atoms with Crippen LogP contribution in [0.4, 0.5) is 0 Å². The Bertz CT molecular complexity index is 435. The van der Waals surface area contributed by atoms with Gasteiger partial charge in [-0.2, -0.15) is 0 Å². The van der Waals surface area contributed by atoms with Crippen molar-refractivity contribution >= 4 is 33.6 Å². The van der Waals surface area contributed by atoms with Crippen LogP contribution in [0.1, 0.15) is 10.5 Å². The lowest BCUT2D eigenvalue weighted by molar-refractivity contribution is 0.111. The van der Waals surface area contributed by atoms with Crippen LogP contribution in [0, 0.1) is 0 Å². The lowest BCUT2D eigenvalue weighted by Crippen LogP contribution is -1.72. The van der Waals surface area contributed by atoms with Gasteiger partial charge in [0.2, 0.25) is 0 Å². The van der Waals surface area contributed by atoms with Gasteiger partial charge < -0.3 is 4.52 Å². The maximum atomic E-state index is 10.3. The van der Waals surface area contributed by atoms with E-state index < -0.39 is 0 Å². The molecule has 5 heteroatoms. The van der Waals surface area contributed by atoms with Gasteiger partial charge >= 0.3 is 0 Å². The number of aromatic nitrogens is 1. The Morgan fingerprint density at radius 1 is 1.54 bits per heavy atom. The van der Waals surface area contributed by atoms with Crippen molar-refractivity contribution < 1.29 is 9.32 Å². The standard InChI is InChI=1S/C8H4BrNO2S/c9-8-2-1-7(13-8)6-3-5(4-11)10-12-6/h1-4H. The minimum atomic E-state index is 0.319. The highest BCUT2D eigenvalue weighted by Gasteiger charge is 2.07. The monoisotopic (exact) mass is 257 g/mol. The molecule has 0 saturated heterocycles. The largest absolute Gasteiger partial charge is 0.355 e. The molecule has 0 spiro atoms. The van der Waals surface area contributed by atoms with E-state index in [1.807, 2.05) is 12.1 Å². The maximum Gasteiger partial charge on any atom is 0.177 e. The molecule has 0 unspecified atom stereocenters. The highest BCUT2D eigenvalue weighted by molar-refractivity contribution is 9.11. The fourth-order valence-electron chi connectivity index (χ4n) is 0.907. The highest BCUT2D eigenvalue weighted by atomic mass is 79.9. The Hall–Kier alpha value is -0.940. The molecule has 2 aromatic rings. The molecule has 0 fully saturated rings. The third-order valence-corrected chi connectivity index (χ3v) is 3.10. The fourth-order valence-corrected chi connectivity index (χ4v) is 2.24. The zero-order valence-electron chi connectivity index (χ0n) is 6.36. The smallest absolute Gasteiger partial charge is 0.177 e. The minimum Gasteiger partial charge on any atom is -0.355 e. The van der Waals surface area contributed by atoms with Gasteiger partial charge in [-0.1, -0.05) is 5.16 Å². The van der Waals surface area contributed by atoms with E-state index >= 15 is 0 Å². The van der Waals surface area contributed by atoms with E-state index in [1.165, 1.54) is 11.3 Å². The van der Waals surface area contributed by atoms with E-state index in [2.05, 4.69) is 21.1 Å². The second kappa shape index (κ2) is 3.43. The summed E-state index contributed by atoms with van der Waals surface area (Å²) < 4.78 is 5.98. The summed E-state index contributed by atoms with van der Waals surface area (Å²) in [5, 5.41) is 3.57. The van der Waals surface area contributed by atoms with Gasteiger partial charge in [0.1, 0.15) is 5.69 Å². The maximum absolute atomic E-state index is 10.3. The average molecular weight is 258 g/mol. The molecule has 2 heterocycles. The summed E-state index contributed by atoms with van der Waals surface area (Å²) in [6.07, 6.45) is 0.662. The number of aldehydes is 1. The number of thiophene rings is 1. The lowest BCUT2D eigenvalue weighted by Gasteiger charge is -1.83. The molecular weight excluding hydrogens is 254 g/mol. The van der Waals surface area contributed by atoms with E-state index in [0.717, 1.165) is 8.66 Å². The van der Waals surface area contributed by atoms with Gasteiger partial charge in [0.15, 0.2) is 12.0 Å². The van der Waals surface area contributed by atoms with Gasteiger partial charge in [-0.15, -0.1) is 11.3 Å². The summed E-state index contributed by atoms with van der Waals surface area (Å²) in [4.78, 5) is 11.3. The number of carbonyl (C=O) groups is 1. The van der Waals surface area contributed by atoms with Gasteiger partial charge in [0.05, 0.1) is 8.66 Å². The van der Waals surface area contributed by atoms with E-state index in [0.29, 0.717) is 17.7 Å². The highest BCUT2D eigenvalue weighted by Crippen LogP contribution is 2.31. The molecular formula is C8H4BrNO2S. The van der Waals surface area contributed by atoms with Crippen LogP contribution in [-0.2, 0) is 0 Å². The number of hydrogen-bond acceptors (Lipinski definition) is 4. The molecule has 0 aliphatic carbocycles. The molecule has 0 aliphatic rings. The Kier molecular flexibility index (Phi) is 2.28. The predicted octanol–water partition coefficient (Wildman–Crippen LogP) is 2.98. The van der Waals surface area contributed by atoms with Gasteiger partial charge in [-0.05, 0) is 28.1 Å². The first-order valence-electron chi connectivity index (χ1n) is 3.47. The van der Waals surface area contributed by atoms with E-state index in [-0.39, 0.29) is 0 Å². The Balaban J connectivity index is 2.40. The summed E-state index contributed by atoms with van der Waals surface area (Å²) in [6.45, 7) is 0. The van der Waals surface area contributed by atoms with Crippen molar-refractivity contribution in [1.82, 2.24) is 5.16 Å². The van der Waals surface area contributed by atoms with Crippen LogP contribution < -0.4 is 0 Å². The summed E-state index contributed by atoms with van der Waals surface area (Å²) in [6, 6.07) is 5.44. The van der Waals surface area contributed by atoms with Crippen LogP contribution in [0.2, 0.25) is 0 Å². The van der Waals surface area contributed by atoms with Crippen molar-refractivity contribution in [3.8, 4) is 10.6 Å². The lowest BCUT2D eigenvalue weighted by atomic mass is 10.3. The van der Waals surface area contributed by atoms with E-state index in [4.69, 9.17) is 4.52 Å². The second-order valence-electron chi connectivity index (χ2n) is 2.34. The van der Waals surface area contributed by atoms with Crippen molar-refractivity contribution in [1.29, 1.82) is 0 Å². The van der Waals surface area contributed by atoms with Gasteiger partial charge in [-0.3, -0.25) is 4.79 Å². The molecule has 3 nitrogen and oxygen atoms in total. The molecule has 0 bridgehead atoms. The molecule has 0 radical (unpaired) electrons. The van der Waals surface area contributed by atoms with E-state index in [1.54, 1.807) is 6.07 Å². The van der Waals surface area contributed by atoms with Crippen molar-refractivity contribution in [3.63, 3.8) is 0 Å². The van der Waals surface area contributed by atoms with Gasteiger partial charge in [-0.25, -0.2) is 0 Å². The van der Waals surface area contributed by atoms with Crippen LogP contribution >= 0.6 is 27.3 Å². The summed E-state index contributed by atoms with van der Waals surface area (Å²) in [7, 11) is 0. The molecule has 13 heavy (non-hydrogen) atoms. The molecule has 66 valence electrons. The van der Waals surface area contributed by atoms with Crippen LogP contribution in [0.25, 0.3) is 10.6 Å². The van der Waals surface area contributed by atoms with Crippen molar-refractivity contribution in [2.45, 2.75) is 0 Å². The minimum absolute atomic E-state index is 0.319. The van der Waals surface area contributed by atoms with Gasteiger partial charge in [0, 0.05) is 6.07 Å². The molecule has 0 aromatic carbocycles. The fraction of sp³-hybridized carbons (Fsp3) is 0. The predicted molar refractivity (Wildman–Crippen MR) is 52.9 cm³/mol.